The molecule has 3 atom stereocenters. The molecule has 3 unspecified atom stereocenters. The van der Waals surface area contributed by atoms with Gasteiger partial charge in [0, 0.05) is 5.54 Å². The zero-order valence-electron chi connectivity index (χ0n) is 13.1. The van der Waals surface area contributed by atoms with Crippen LogP contribution in [0.1, 0.15) is 67.7 Å². The Hall–Kier alpha value is -0.0400. The number of hydrogen-bond acceptors (Lipinski definition) is 1. The minimum absolute atomic E-state index is 0.255. The molecule has 102 valence electrons. The molecular formula is C16H33N. The Morgan fingerprint density at radius 3 is 2.06 bits per heavy atom. The summed E-state index contributed by atoms with van der Waals surface area (Å²) >= 11 is 0. The minimum Gasteiger partial charge on any atom is -0.312 e. The van der Waals surface area contributed by atoms with E-state index in [0.717, 1.165) is 17.8 Å². The molecule has 0 spiro atoms. The molecule has 1 aliphatic rings. The third-order valence-corrected chi connectivity index (χ3v) is 4.26. The Labute approximate surface area is 109 Å². The molecule has 0 radical (unpaired) electrons. The molecule has 0 aliphatic heterocycles. The highest BCUT2D eigenvalue weighted by Crippen LogP contribution is 2.43. The first kappa shape index (κ1) is 15.0. The van der Waals surface area contributed by atoms with Gasteiger partial charge in [0.25, 0.3) is 0 Å². The van der Waals surface area contributed by atoms with E-state index < -0.39 is 0 Å². The number of nitrogens with one attached hydrogen (secondary N) is 1. The summed E-state index contributed by atoms with van der Waals surface area (Å²) in [6.45, 7) is 17.7. The Morgan fingerprint density at radius 1 is 1.00 bits per heavy atom. The molecular weight excluding hydrogens is 206 g/mol. The van der Waals surface area contributed by atoms with E-state index >= 15 is 0 Å². The fourth-order valence-corrected chi connectivity index (χ4v) is 3.19. The van der Waals surface area contributed by atoms with E-state index in [1.54, 1.807) is 0 Å². The third-order valence-electron chi connectivity index (χ3n) is 4.26. The van der Waals surface area contributed by atoms with E-state index in [1.807, 2.05) is 0 Å². The molecule has 0 aromatic rings. The highest BCUT2D eigenvalue weighted by atomic mass is 14.9. The van der Waals surface area contributed by atoms with Crippen LogP contribution in [0.15, 0.2) is 0 Å². The molecule has 1 aliphatic carbocycles. The first-order valence-corrected chi connectivity index (χ1v) is 7.34. The lowest BCUT2D eigenvalue weighted by Crippen LogP contribution is -2.44. The highest BCUT2D eigenvalue weighted by molar-refractivity contribution is 4.88. The summed E-state index contributed by atoms with van der Waals surface area (Å²) in [7, 11) is 0. The van der Waals surface area contributed by atoms with E-state index in [1.165, 1.54) is 25.8 Å². The van der Waals surface area contributed by atoms with Gasteiger partial charge in [-0.25, -0.2) is 0 Å². The summed E-state index contributed by atoms with van der Waals surface area (Å²) in [4.78, 5) is 0. The molecule has 1 heteroatoms. The number of rotatable bonds is 2. The maximum atomic E-state index is 3.71. The van der Waals surface area contributed by atoms with Crippen LogP contribution < -0.4 is 5.32 Å². The second-order valence-corrected chi connectivity index (χ2v) is 8.28. The molecule has 0 aromatic carbocycles. The maximum absolute atomic E-state index is 3.71. The quantitative estimate of drug-likeness (QED) is 0.749. The fourth-order valence-electron chi connectivity index (χ4n) is 3.19. The highest BCUT2D eigenvalue weighted by Gasteiger charge is 2.36. The smallest absolute Gasteiger partial charge is 0.00966 e. The first-order valence-electron chi connectivity index (χ1n) is 7.34. The molecule has 0 aromatic heterocycles. The predicted molar refractivity (Wildman–Crippen MR) is 77.2 cm³/mol. The summed E-state index contributed by atoms with van der Waals surface area (Å²) in [6, 6.07) is 0. The summed E-state index contributed by atoms with van der Waals surface area (Å²) in [5, 5.41) is 3.71. The van der Waals surface area contributed by atoms with Gasteiger partial charge in [-0.2, -0.15) is 0 Å². The SMILES string of the molecule is CC1CCC(CNC(C)(C)C)C(C(C)(C)C)C1. The first-order chi connectivity index (χ1) is 7.59. The van der Waals surface area contributed by atoms with Crippen molar-refractivity contribution in [3.8, 4) is 0 Å². The van der Waals surface area contributed by atoms with Gasteiger partial charge in [0.1, 0.15) is 0 Å². The third kappa shape index (κ3) is 4.99. The van der Waals surface area contributed by atoms with Crippen molar-refractivity contribution >= 4 is 0 Å². The van der Waals surface area contributed by atoms with E-state index in [2.05, 4.69) is 53.8 Å². The molecule has 1 fully saturated rings. The summed E-state index contributed by atoms with van der Waals surface area (Å²) in [5.41, 5.74) is 0.713. The normalized spacial score (nSPS) is 31.6. The van der Waals surface area contributed by atoms with Crippen molar-refractivity contribution in [1.82, 2.24) is 5.32 Å². The Bertz CT molecular complexity index is 231. The second-order valence-electron chi connectivity index (χ2n) is 8.28. The monoisotopic (exact) mass is 239 g/mol. The van der Waals surface area contributed by atoms with Crippen LogP contribution in [0.4, 0.5) is 0 Å². The largest absolute Gasteiger partial charge is 0.312 e. The predicted octanol–water partition coefficient (Wildman–Crippen LogP) is 4.47. The van der Waals surface area contributed by atoms with E-state index in [0.29, 0.717) is 5.41 Å². The Morgan fingerprint density at radius 2 is 1.59 bits per heavy atom. The van der Waals surface area contributed by atoms with Crippen molar-refractivity contribution in [2.75, 3.05) is 6.54 Å². The fraction of sp³-hybridized carbons (Fsp3) is 1.00. The van der Waals surface area contributed by atoms with Crippen LogP contribution in [-0.2, 0) is 0 Å². The van der Waals surface area contributed by atoms with Gasteiger partial charge in [0.2, 0.25) is 0 Å². The molecule has 1 saturated carbocycles. The van der Waals surface area contributed by atoms with Crippen LogP contribution in [0.3, 0.4) is 0 Å². The van der Waals surface area contributed by atoms with Gasteiger partial charge in [0.15, 0.2) is 0 Å². The van der Waals surface area contributed by atoms with Crippen molar-refractivity contribution in [2.45, 2.75) is 73.3 Å². The lowest BCUT2D eigenvalue weighted by atomic mass is 9.64. The average molecular weight is 239 g/mol. The molecule has 1 rings (SSSR count). The van der Waals surface area contributed by atoms with Crippen molar-refractivity contribution in [3.05, 3.63) is 0 Å². The van der Waals surface area contributed by atoms with Crippen molar-refractivity contribution < 1.29 is 0 Å². The van der Waals surface area contributed by atoms with Gasteiger partial charge in [-0.15, -0.1) is 0 Å². The molecule has 0 amide bonds. The van der Waals surface area contributed by atoms with Crippen LogP contribution in [0, 0.1) is 23.2 Å². The molecule has 17 heavy (non-hydrogen) atoms. The van der Waals surface area contributed by atoms with Gasteiger partial charge in [0.05, 0.1) is 0 Å². The van der Waals surface area contributed by atoms with Crippen molar-refractivity contribution in [1.29, 1.82) is 0 Å². The van der Waals surface area contributed by atoms with Gasteiger partial charge in [-0.3, -0.25) is 0 Å². The van der Waals surface area contributed by atoms with Gasteiger partial charge >= 0.3 is 0 Å². The minimum atomic E-state index is 0.255. The van der Waals surface area contributed by atoms with Crippen LogP contribution in [0.5, 0.6) is 0 Å². The standard InChI is InChI=1S/C16H33N/c1-12-8-9-13(11-17-16(5,6)7)14(10-12)15(2,3)4/h12-14,17H,8-11H2,1-7H3. The molecule has 0 saturated heterocycles. The average Bonchev–Trinajstić information content (AvgIpc) is 2.13. The van der Waals surface area contributed by atoms with Crippen LogP contribution >= 0.6 is 0 Å². The number of hydrogen-bond donors (Lipinski definition) is 1. The Kier molecular flexibility index (Phi) is 4.68. The second kappa shape index (κ2) is 5.30. The van der Waals surface area contributed by atoms with Crippen LogP contribution in [0.2, 0.25) is 0 Å². The molecule has 1 nitrogen and oxygen atoms in total. The summed E-state index contributed by atoms with van der Waals surface area (Å²) in [5.74, 6) is 2.66. The zero-order chi connectivity index (χ0) is 13.3. The Balaban J connectivity index is 2.61. The van der Waals surface area contributed by atoms with Crippen molar-refractivity contribution in [2.24, 2.45) is 23.2 Å². The van der Waals surface area contributed by atoms with Gasteiger partial charge in [-0.1, -0.05) is 34.1 Å². The summed E-state index contributed by atoms with van der Waals surface area (Å²) in [6.07, 6.45) is 4.25. The van der Waals surface area contributed by atoms with E-state index in [9.17, 15) is 0 Å². The molecule has 0 heterocycles. The lowest BCUT2D eigenvalue weighted by Gasteiger charge is -2.43. The van der Waals surface area contributed by atoms with Gasteiger partial charge in [-0.05, 0) is 63.3 Å². The van der Waals surface area contributed by atoms with Crippen molar-refractivity contribution in [3.63, 3.8) is 0 Å². The maximum Gasteiger partial charge on any atom is 0.00966 e. The van der Waals surface area contributed by atoms with Crippen LogP contribution in [0.25, 0.3) is 0 Å². The zero-order valence-corrected chi connectivity index (χ0v) is 13.1. The van der Waals surface area contributed by atoms with E-state index in [4.69, 9.17) is 0 Å². The molecule has 0 bridgehead atoms. The lowest BCUT2D eigenvalue weighted by molar-refractivity contribution is 0.0766. The van der Waals surface area contributed by atoms with Gasteiger partial charge < -0.3 is 5.32 Å². The summed E-state index contributed by atoms with van der Waals surface area (Å²) < 4.78 is 0. The van der Waals surface area contributed by atoms with Crippen LogP contribution in [-0.4, -0.2) is 12.1 Å². The van der Waals surface area contributed by atoms with E-state index in [-0.39, 0.29) is 5.54 Å². The molecule has 1 N–H and O–H groups in total. The topological polar surface area (TPSA) is 12.0 Å².